The van der Waals surface area contributed by atoms with Crippen LogP contribution in [-0.4, -0.2) is 17.9 Å². The molecule has 0 saturated heterocycles. The van der Waals surface area contributed by atoms with Gasteiger partial charge in [-0.1, -0.05) is 18.2 Å². The van der Waals surface area contributed by atoms with Crippen LogP contribution in [0.25, 0.3) is 0 Å². The Hall–Kier alpha value is -1.81. The van der Waals surface area contributed by atoms with E-state index in [4.69, 9.17) is 0 Å². The SMILES string of the molecule is Cc1ccc(S)cc1C(=O)N(C)Cc1cccc(F)c1. The van der Waals surface area contributed by atoms with Gasteiger partial charge >= 0.3 is 0 Å². The van der Waals surface area contributed by atoms with E-state index in [1.165, 1.54) is 12.1 Å². The smallest absolute Gasteiger partial charge is 0.254 e. The van der Waals surface area contributed by atoms with E-state index < -0.39 is 0 Å². The van der Waals surface area contributed by atoms with Crippen molar-refractivity contribution in [2.75, 3.05) is 7.05 Å². The third kappa shape index (κ3) is 3.39. The Morgan fingerprint density at radius 2 is 2.00 bits per heavy atom. The maximum atomic E-state index is 13.1. The van der Waals surface area contributed by atoms with Crippen LogP contribution in [0.5, 0.6) is 0 Å². The molecule has 0 heterocycles. The number of rotatable bonds is 3. The lowest BCUT2D eigenvalue weighted by molar-refractivity contribution is 0.0784. The number of amides is 1. The standard InChI is InChI=1S/C16H16FNOS/c1-11-6-7-14(20)9-15(11)16(19)18(2)10-12-4-3-5-13(17)8-12/h3-9,20H,10H2,1-2H3. The summed E-state index contributed by atoms with van der Waals surface area (Å²) < 4.78 is 13.1. The van der Waals surface area contributed by atoms with Gasteiger partial charge in [-0.2, -0.15) is 0 Å². The van der Waals surface area contributed by atoms with E-state index in [9.17, 15) is 9.18 Å². The second-order valence-electron chi connectivity index (χ2n) is 4.79. The van der Waals surface area contributed by atoms with Gasteiger partial charge in [-0.15, -0.1) is 12.6 Å². The average molecular weight is 289 g/mol. The molecule has 2 rings (SSSR count). The quantitative estimate of drug-likeness (QED) is 0.854. The van der Waals surface area contributed by atoms with Crippen molar-refractivity contribution >= 4 is 18.5 Å². The van der Waals surface area contributed by atoms with Crippen molar-refractivity contribution in [3.8, 4) is 0 Å². The van der Waals surface area contributed by atoms with E-state index in [2.05, 4.69) is 12.6 Å². The van der Waals surface area contributed by atoms with Crippen LogP contribution in [0, 0.1) is 12.7 Å². The Labute approximate surface area is 123 Å². The first-order chi connectivity index (χ1) is 9.47. The van der Waals surface area contributed by atoms with Gasteiger partial charge in [0.1, 0.15) is 5.82 Å². The van der Waals surface area contributed by atoms with Gasteiger partial charge in [0.15, 0.2) is 0 Å². The highest BCUT2D eigenvalue weighted by atomic mass is 32.1. The molecular formula is C16H16FNOS. The normalized spacial score (nSPS) is 10.4. The second-order valence-corrected chi connectivity index (χ2v) is 5.31. The summed E-state index contributed by atoms with van der Waals surface area (Å²) in [6.07, 6.45) is 0. The van der Waals surface area contributed by atoms with E-state index in [-0.39, 0.29) is 11.7 Å². The number of carbonyl (C=O) groups excluding carboxylic acids is 1. The van der Waals surface area contributed by atoms with E-state index >= 15 is 0 Å². The Balaban J connectivity index is 2.18. The molecule has 0 radical (unpaired) electrons. The fraction of sp³-hybridized carbons (Fsp3) is 0.188. The van der Waals surface area contributed by atoms with Gasteiger partial charge in [-0.05, 0) is 42.3 Å². The number of hydrogen-bond acceptors (Lipinski definition) is 2. The zero-order valence-electron chi connectivity index (χ0n) is 11.4. The van der Waals surface area contributed by atoms with Crippen molar-refractivity contribution in [3.05, 3.63) is 65.0 Å². The first-order valence-electron chi connectivity index (χ1n) is 6.27. The van der Waals surface area contributed by atoms with Crippen LogP contribution >= 0.6 is 12.6 Å². The zero-order chi connectivity index (χ0) is 14.7. The van der Waals surface area contributed by atoms with Crippen LogP contribution in [0.15, 0.2) is 47.4 Å². The molecule has 2 nitrogen and oxygen atoms in total. The number of halogens is 1. The number of hydrogen-bond donors (Lipinski definition) is 1. The van der Waals surface area contributed by atoms with Gasteiger partial charge < -0.3 is 4.90 Å². The van der Waals surface area contributed by atoms with Gasteiger partial charge in [0, 0.05) is 24.1 Å². The highest BCUT2D eigenvalue weighted by Gasteiger charge is 2.14. The third-order valence-electron chi connectivity index (χ3n) is 3.11. The molecule has 0 unspecified atom stereocenters. The number of aryl methyl sites for hydroxylation is 1. The maximum Gasteiger partial charge on any atom is 0.254 e. The largest absolute Gasteiger partial charge is 0.337 e. The molecule has 0 saturated carbocycles. The summed E-state index contributed by atoms with van der Waals surface area (Å²) in [4.78, 5) is 14.7. The van der Waals surface area contributed by atoms with E-state index in [0.29, 0.717) is 12.1 Å². The molecule has 0 spiro atoms. The molecule has 2 aromatic rings. The summed E-state index contributed by atoms with van der Waals surface area (Å²) in [7, 11) is 1.71. The van der Waals surface area contributed by atoms with Crippen molar-refractivity contribution in [2.24, 2.45) is 0 Å². The Bertz CT molecular complexity index is 642. The fourth-order valence-electron chi connectivity index (χ4n) is 2.03. The summed E-state index contributed by atoms with van der Waals surface area (Å²) in [5.41, 5.74) is 2.29. The molecule has 0 aliphatic heterocycles. The molecule has 1 amide bonds. The summed E-state index contributed by atoms with van der Waals surface area (Å²) in [6, 6.07) is 11.7. The third-order valence-corrected chi connectivity index (χ3v) is 3.39. The Kier molecular flexibility index (Phi) is 4.45. The minimum Gasteiger partial charge on any atom is -0.337 e. The number of thiol groups is 1. The summed E-state index contributed by atoms with van der Waals surface area (Å²) >= 11 is 4.26. The lowest BCUT2D eigenvalue weighted by atomic mass is 10.1. The molecule has 0 aliphatic carbocycles. The Morgan fingerprint density at radius 1 is 1.25 bits per heavy atom. The summed E-state index contributed by atoms with van der Waals surface area (Å²) in [5, 5.41) is 0. The highest BCUT2D eigenvalue weighted by molar-refractivity contribution is 7.80. The minimum absolute atomic E-state index is 0.0948. The summed E-state index contributed by atoms with van der Waals surface area (Å²) in [5.74, 6) is -0.389. The number of nitrogens with zero attached hydrogens (tertiary/aromatic N) is 1. The molecule has 0 bridgehead atoms. The average Bonchev–Trinajstić information content (AvgIpc) is 2.40. The van der Waals surface area contributed by atoms with Crippen molar-refractivity contribution in [3.63, 3.8) is 0 Å². The van der Waals surface area contributed by atoms with Gasteiger partial charge in [0.05, 0.1) is 0 Å². The predicted octanol–water partition coefficient (Wildman–Crippen LogP) is 3.70. The first-order valence-corrected chi connectivity index (χ1v) is 6.71. The van der Waals surface area contributed by atoms with Crippen LogP contribution in [0.4, 0.5) is 4.39 Å². The van der Waals surface area contributed by atoms with Gasteiger partial charge in [-0.3, -0.25) is 4.79 Å². The van der Waals surface area contributed by atoms with Gasteiger partial charge in [0.25, 0.3) is 5.91 Å². The molecule has 4 heteroatoms. The molecule has 0 fully saturated rings. The van der Waals surface area contributed by atoms with Crippen molar-refractivity contribution < 1.29 is 9.18 Å². The number of benzene rings is 2. The predicted molar refractivity (Wildman–Crippen MR) is 80.6 cm³/mol. The van der Waals surface area contributed by atoms with Gasteiger partial charge in [-0.25, -0.2) is 4.39 Å². The lowest BCUT2D eigenvalue weighted by Crippen LogP contribution is -2.26. The monoisotopic (exact) mass is 289 g/mol. The number of carbonyl (C=O) groups is 1. The minimum atomic E-state index is -0.295. The topological polar surface area (TPSA) is 20.3 Å². The molecule has 20 heavy (non-hydrogen) atoms. The van der Waals surface area contributed by atoms with Crippen molar-refractivity contribution in [1.29, 1.82) is 0 Å². The zero-order valence-corrected chi connectivity index (χ0v) is 12.3. The highest BCUT2D eigenvalue weighted by Crippen LogP contribution is 2.17. The molecule has 2 aromatic carbocycles. The first kappa shape index (κ1) is 14.6. The Morgan fingerprint density at radius 3 is 2.70 bits per heavy atom. The van der Waals surface area contributed by atoms with Crippen LogP contribution in [0.3, 0.4) is 0 Å². The molecule has 104 valence electrons. The van der Waals surface area contributed by atoms with Crippen LogP contribution in [0.2, 0.25) is 0 Å². The van der Waals surface area contributed by atoms with E-state index in [1.807, 2.05) is 19.1 Å². The van der Waals surface area contributed by atoms with Crippen LogP contribution in [0.1, 0.15) is 21.5 Å². The lowest BCUT2D eigenvalue weighted by Gasteiger charge is -2.18. The van der Waals surface area contributed by atoms with Crippen LogP contribution in [-0.2, 0) is 6.54 Å². The molecule has 0 aliphatic rings. The van der Waals surface area contributed by atoms with Crippen molar-refractivity contribution in [2.45, 2.75) is 18.4 Å². The van der Waals surface area contributed by atoms with E-state index in [0.717, 1.165) is 16.0 Å². The molecule has 0 N–H and O–H groups in total. The maximum absolute atomic E-state index is 13.1. The van der Waals surface area contributed by atoms with E-state index in [1.54, 1.807) is 30.1 Å². The molecular weight excluding hydrogens is 273 g/mol. The van der Waals surface area contributed by atoms with Crippen LogP contribution < -0.4 is 0 Å². The molecule has 0 aromatic heterocycles. The van der Waals surface area contributed by atoms with Crippen molar-refractivity contribution in [1.82, 2.24) is 4.90 Å². The van der Waals surface area contributed by atoms with Gasteiger partial charge in [0.2, 0.25) is 0 Å². The second kappa shape index (κ2) is 6.09. The molecule has 0 atom stereocenters. The fourth-order valence-corrected chi connectivity index (χ4v) is 2.23. The summed E-state index contributed by atoms with van der Waals surface area (Å²) in [6.45, 7) is 2.25.